The van der Waals surface area contributed by atoms with Crippen molar-refractivity contribution in [1.29, 1.82) is 0 Å². The fourth-order valence-electron chi connectivity index (χ4n) is 6.52. The number of carbonyl (C=O) groups is 2. The van der Waals surface area contributed by atoms with Crippen LogP contribution in [0.3, 0.4) is 0 Å². The summed E-state index contributed by atoms with van der Waals surface area (Å²) in [4.78, 5) is 25.5. The van der Waals surface area contributed by atoms with Crippen LogP contribution in [0.15, 0.2) is 60.7 Å². The maximum Gasteiger partial charge on any atom is 0.311 e. The minimum absolute atomic E-state index is 0.447. The average molecular weight is 563 g/mol. The lowest BCUT2D eigenvalue weighted by Gasteiger charge is -2.37. The van der Waals surface area contributed by atoms with Gasteiger partial charge in [-0.3, -0.25) is 9.59 Å². The highest BCUT2D eigenvalue weighted by molar-refractivity contribution is 5.75. The largest absolute Gasteiger partial charge is 0.481 e. The van der Waals surface area contributed by atoms with E-state index in [1.165, 1.54) is 11.1 Å². The van der Waals surface area contributed by atoms with E-state index in [9.17, 15) is 19.8 Å². The van der Waals surface area contributed by atoms with Crippen LogP contribution in [-0.4, -0.2) is 85.5 Å². The SMILES string of the molecule is CN1CCC(CNC2CC2c2ccccc2)(C(=O)O)CC1.O=C(O)C1(CNC2CC2c2ccccc2)CCNCC1. The topological polar surface area (TPSA) is 114 Å². The summed E-state index contributed by atoms with van der Waals surface area (Å²) >= 11 is 0. The molecule has 4 atom stereocenters. The summed E-state index contributed by atoms with van der Waals surface area (Å²) in [5, 5.41) is 29.4. The van der Waals surface area contributed by atoms with Crippen LogP contribution in [0.1, 0.15) is 61.5 Å². The molecule has 0 aromatic heterocycles. The van der Waals surface area contributed by atoms with E-state index in [1.54, 1.807) is 0 Å². The van der Waals surface area contributed by atoms with Crippen LogP contribution in [0, 0.1) is 10.8 Å². The molecule has 0 spiro atoms. The normalized spacial score (nSPS) is 28.1. The molecule has 2 aromatic rings. The van der Waals surface area contributed by atoms with Gasteiger partial charge in [0.05, 0.1) is 10.8 Å². The molecule has 2 aromatic carbocycles. The second kappa shape index (κ2) is 13.0. The Bertz CT molecular complexity index is 1150. The second-order valence-corrected chi connectivity index (χ2v) is 12.7. The van der Waals surface area contributed by atoms with Gasteiger partial charge >= 0.3 is 11.9 Å². The molecule has 2 aliphatic carbocycles. The van der Waals surface area contributed by atoms with Crippen molar-refractivity contribution in [3.63, 3.8) is 0 Å². The van der Waals surface area contributed by atoms with Gasteiger partial charge in [-0.2, -0.15) is 0 Å². The summed E-state index contributed by atoms with van der Waals surface area (Å²) in [5.41, 5.74) is 1.58. The lowest BCUT2D eigenvalue weighted by molar-refractivity contribution is -0.152. The molecule has 0 radical (unpaired) electrons. The molecule has 2 saturated heterocycles. The first-order chi connectivity index (χ1) is 19.8. The van der Waals surface area contributed by atoms with E-state index in [0.29, 0.717) is 37.0 Å². The molecule has 222 valence electrons. The maximum absolute atomic E-state index is 11.7. The van der Waals surface area contributed by atoms with E-state index in [-0.39, 0.29) is 0 Å². The second-order valence-electron chi connectivity index (χ2n) is 12.7. The first-order valence-electron chi connectivity index (χ1n) is 15.2. The molecule has 41 heavy (non-hydrogen) atoms. The Morgan fingerprint density at radius 1 is 0.756 bits per heavy atom. The molecule has 4 aliphatic rings. The van der Waals surface area contributed by atoms with Crippen molar-refractivity contribution < 1.29 is 19.8 Å². The van der Waals surface area contributed by atoms with Gasteiger partial charge in [-0.1, -0.05) is 60.7 Å². The van der Waals surface area contributed by atoms with Gasteiger partial charge in [0, 0.05) is 37.0 Å². The number of nitrogens with one attached hydrogen (secondary N) is 3. The van der Waals surface area contributed by atoms with Crippen molar-refractivity contribution >= 4 is 11.9 Å². The predicted molar refractivity (Wildman–Crippen MR) is 160 cm³/mol. The zero-order chi connectivity index (χ0) is 28.9. The number of carboxylic acids is 2. The van der Waals surface area contributed by atoms with E-state index in [1.807, 2.05) is 12.1 Å². The lowest BCUT2D eigenvalue weighted by Crippen LogP contribution is -2.49. The fourth-order valence-corrected chi connectivity index (χ4v) is 6.52. The highest BCUT2D eigenvalue weighted by Gasteiger charge is 2.45. The summed E-state index contributed by atoms with van der Waals surface area (Å²) in [7, 11) is 2.06. The van der Waals surface area contributed by atoms with Crippen LogP contribution in [0.2, 0.25) is 0 Å². The number of hydrogen-bond donors (Lipinski definition) is 5. The molecular weight excluding hydrogens is 516 g/mol. The van der Waals surface area contributed by atoms with Crippen LogP contribution < -0.4 is 16.0 Å². The van der Waals surface area contributed by atoms with Crippen molar-refractivity contribution in [2.75, 3.05) is 46.3 Å². The van der Waals surface area contributed by atoms with Gasteiger partial charge < -0.3 is 31.1 Å². The van der Waals surface area contributed by atoms with Gasteiger partial charge in [-0.25, -0.2) is 0 Å². The van der Waals surface area contributed by atoms with Gasteiger partial charge in [0.25, 0.3) is 0 Å². The van der Waals surface area contributed by atoms with Gasteiger partial charge in [-0.05, 0) is 82.9 Å². The van der Waals surface area contributed by atoms with Crippen molar-refractivity contribution in [3.8, 4) is 0 Å². The molecule has 8 nitrogen and oxygen atoms in total. The highest BCUT2D eigenvalue weighted by Crippen LogP contribution is 2.42. The number of likely N-dealkylation sites (tertiary alicyclic amines) is 1. The van der Waals surface area contributed by atoms with Gasteiger partial charge in [0.1, 0.15) is 0 Å². The Balaban J connectivity index is 0.000000165. The van der Waals surface area contributed by atoms with Crippen LogP contribution in [0.25, 0.3) is 0 Å². The molecule has 2 aliphatic heterocycles. The molecule has 6 rings (SSSR count). The predicted octanol–water partition coefficient (Wildman–Crippen LogP) is 3.52. The molecule has 0 amide bonds. The molecular formula is C33H46N4O4. The third-order valence-corrected chi connectivity index (χ3v) is 9.85. The van der Waals surface area contributed by atoms with E-state index in [4.69, 9.17) is 0 Å². The molecule has 8 heteroatoms. The third kappa shape index (κ3) is 7.36. The van der Waals surface area contributed by atoms with Crippen LogP contribution in [-0.2, 0) is 9.59 Å². The molecule has 0 bridgehead atoms. The number of carboxylic acid groups (broad SMARTS) is 2. The number of nitrogens with zero attached hydrogens (tertiary/aromatic N) is 1. The Labute approximate surface area is 243 Å². The fraction of sp³-hybridized carbons (Fsp3) is 0.576. The Kier molecular flexibility index (Phi) is 9.44. The molecule has 2 saturated carbocycles. The van der Waals surface area contributed by atoms with Gasteiger partial charge in [-0.15, -0.1) is 0 Å². The average Bonchev–Trinajstić information content (AvgIpc) is 3.93. The Morgan fingerprint density at radius 3 is 1.59 bits per heavy atom. The third-order valence-electron chi connectivity index (χ3n) is 9.85. The summed E-state index contributed by atoms with van der Waals surface area (Å²) in [5.74, 6) is -0.171. The first-order valence-corrected chi connectivity index (χ1v) is 15.2. The number of aliphatic carboxylic acids is 2. The minimum atomic E-state index is -0.650. The van der Waals surface area contributed by atoms with Crippen LogP contribution in [0.5, 0.6) is 0 Å². The summed E-state index contributed by atoms with van der Waals surface area (Å²) in [6.45, 7) is 4.56. The number of rotatable bonds is 10. The van der Waals surface area contributed by atoms with E-state index < -0.39 is 22.8 Å². The minimum Gasteiger partial charge on any atom is -0.481 e. The molecule has 5 N–H and O–H groups in total. The quantitative estimate of drug-likeness (QED) is 0.299. The number of hydrogen-bond acceptors (Lipinski definition) is 6. The van der Waals surface area contributed by atoms with E-state index in [2.05, 4.69) is 76.4 Å². The number of benzene rings is 2. The van der Waals surface area contributed by atoms with Gasteiger partial charge in [0.15, 0.2) is 0 Å². The Morgan fingerprint density at radius 2 is 1.17 bits per heavy atom. The van der Waals surface area contributed by atoms with Crippen molar-refractivity contribution in [1.82, 2.24) is 20.9 Å². The summed E-state index contributed by atoms with van der Waals surface area (Å²) in [6, 6.07) is 21.9. The summed E-state index contributed by atoms with van der Waals surface area (Å²) in [6.07, 6.45) is 5.18. The standard InChI is InChI=1S/C17H24N2O2.C16H22N2O2/c1-19-9-7-17(8-10-19,16(20)21)12-18-15-11-14(15)13-5-3-2-4-6-13;19-15(20)16(6-8-17-9-7-16)11-18-14-10-13(14)12-4-2-1-3-5-12/h2-6,14-15,18H,7-12H2,1H3,(H,20,21);1-5,13-14,17-18H,6-11H2,(H,19,20). The zero-order valence-electron chi connectivity index (χ0n) is 24.2. The Hall–Kier alpha value is -2.78. The smallest absolute Gasteiger partial charge is 0.311 e. The van der Waals surface area contributed by atoms with Gasteiger partial charge in [0.2, 0.25) is 0 Å². The monoisotopic (exact) mass is 562 g/mol. The first kappa shape index (κ1) is 29.7. The molecule has 4 fully saturated rings. The highest BCUT2D eigenvalue weighted by atomic mass is 16.4. The number of piperidine rings is 2. The van der Waals surface area contributed by atoms with Crippen molar-refractivity contribution in [2.45, 2.75) is 62.4 Å². The van der Waals surface area contributed by atoms with Crippen LogP contribution >= 0.6 is 0 Å². The lowest BCUT2D eigenvalue weighted by atomic mass is 9.78. The zero-order valence-corrected chi connectivity index (χ0v) is 24.2. The van der Waals surface area contributed by atoms with E-state index in [0.717, 1.165) is 64.7 Å². The maximum atomic E-state index is 11.7. The summed E-state index contributed by atoms with van der Waals surface area (Å²) < 4.78 is 0. The molecule has 4 unspecified atom stereocenters. The van der Waals surface area contributed by atoms with E-state index >= 15 is 0 Å². The molecule has 2 heterocycles. The van der Waals surface area contributed by atoms with Crippen molar-refractivity contribution in [2.24, 2.45) is 10.8 Å². The van der Waals surface area contributed by atoms with Crippen molar-refractivity contribution in [3.05, 3.63) is 71.8 Å². The van der Waals surface area contributed by atoms with Crippen LogP contribution in [0.4, 0.5) is 0 Å².